The van der Waals surface area contributed by atoms with Gasteiger partial charge in [-0.25, -0.2) is 4.39 Å². The number of aromatic nitrogens is 3. The number of rotatable bonds is 6. The number of nitrogens with one attached hydrogen (secondary N) is 1. The summed E-state index contributed by atoms with van der Waals surface area (Å²) in [4.78, 5) is 15.0. The van der Waals surface area contributed by atoms with E-state index in [4.69, 9.17) is 4.74 Å². The summed E-state index contributed by atoms with van der Waals surface area (Å²) < 4.78 is 20.5. The summed E-state index contributed by atoms with van der Waals surface area (Å²) in [6.45, 7) is 5.08. The first-order valence-corrected chi connectivity index (χ1v) is 10.4. The molecule has 0 aliphatic carbocycles. The molecule has 0 bridgehead atoms. The van der Waals surface area contributed by atoms with Crippen LogP contribution in [0.1, 0.15) is 40.5 Å². The number of carbonyl (C=O) groups is 1. The molecule has 1 atom stereocenters. The molecule has 1 aromatic heterocycles. The highest BCUT2D eigenvalue weighted by atomic mass is 19.1. The first kappa shape index (κ1) is 21.0. The van der Waals surface area contributed by atoms with Crippen LogP contribution in [0.2, 0.25) is 0 Å². The van der Waals surface area contributed by atoms with E-state index in [1.54, 1.807) is 31.4 Å². The molecule has 2 aromatic carbocycles. The molecule has 162 valence electrons. The number of methoxy groups -OCH3 is 1. The first-order chi connectivity index (χ1) is 15.0. The molecule has 0 unspecified atom stereocenters. The Hall–Kier alpha value is -3.26. The minimum absolute atomic E-state index is 0.185. The Labute approximate surface area is 180 Å². The van der Waals surface area contributed by atoms with Crippen molar-refractivity contribution in [2.75, 3.05) is 20.2 Å². The minimum Gasteiger partial charge on any atom is -0.497 e. The van der Waals surface area contributed by atoms with Gasteiger partial charge in [0.25, 0.3) is 5.91 Å². The van der Waals surface area contributed by atoms with Crippen LogP contribution in [0.15, 0.2) is 48.5 Å². The number of hydrogen-bond donors (Lipinski definition) is 1. The van der Waals surface area contributed by atoms with Gasteiger partial charge >= 0.3 is 0 Å². The van der Waals surface area contributed by atoms with Crippen LogP contribution in [0.3, 0.4) is 0 Å². The van der Waals surface area contributed by atoms with Crippen molar-refractivity contribution in [2.24, 2.45) is 0 Å². The van der Waals surface area contributed by atoms with Crippen LogP contribution < -0.4 is 10.1 Å². The van der Waals surface area contributed by atoms with Gasteiger partial charge in [-0.1, -0.05) is 18.2 Å². The molecule has 3 aromatic rings. The fourth-order valence-corrected chi connectivity index (χ4v) is 3.82. The Morgan fingerprint density at radius 3 is 2.74 bits per heavy atom. The molecule has 1 N–H and O–H groups in total. The maximum Gasteiger partial charge on any atom is 0.251 e. The van der Waals surface area contributed by atoms with Crippen LogP contribution in [0.25, 0.3) is 0 Å². The molecule has 1 aliphatic rings. The van der Waals surface area contributed by atoms with Crippen molar-refractivity contribution in [3.05, 3.63) is 77.1 Å². The van der Waals surface area contributed by atoms with E-state index in [1.165, 1.54) is 12.1 Å². The molecule has 1 aliphatic heterocycles. The van der Waals surface area contributed by atoms with Crippen molar-refractivity contribution < 1.29 is 13.9 Å². The standard InChI is InChI=1S/C23H26FN5O2/c1-16(25-23(30)18-4-3-5-20(14-18)31-2)22-27-26-21-10-11-28(12-13-29(21)22)15-17-6-8-19(24)9-7-17/h3-9,14,16H,10-13,15H2,1-2H3,(H,25,30)/t16-/m0/s1. The van der Waals surface area contributed by atoms with E-state index in [1.807, 2.05) is 19.1 Å². The van der Waals surface area contributed by atoms with E-state index >= 15 is 0 Å². The summed E-state index contributed by atoms with van der Waals surface area (Å²) in [6.07, 6.45) is 0.769. The number of nitrogens with zero attached hydrogens (tertiary/aromatic N) is 4. The van der Waals surface area contributed by atoms with Gasteiger partial charge in [-0.3, -0.25) is 9.69 Å². The molecule has 4 rings (SSSR count). The Balaban J connectivity index is 1.41. The van der Waals surface area contributed by atoms with Gasteiger partial charge in [-0.15, -0.1) is 10.2 Å². The molecule has 1 amide bonds. The SMILES string of the molecule is COc1cccc(C(=O)N[C@@H](C)c2nnc3n2CCN(Cc2ccc(F)cc2)CC3)c1. The Kier molecular flexibility index (Phi) is 6.27. The Bertz CT molecular complexity index is 1050. The van der Waals surface area contributed by atoms with Crippen LogP contribution in [-0.2, 0) is 19.5 Å². The van der Waals surface area contributed by atoms with E-state index < -0.39 is 0 Å². The van der Waals surface area contributed by atoms with Gasteiger partial charge in [-0.05, 0) is 42.8 Å². The van der Waals surface area contributed by atoms with Crippen LogP contribution in [0.4, 0.5) is 4.39 Å². The largest absolute Gasteiger partial charge is 0.497 e. The molecular weight excluding hydrogens is 397 g/mol. The maximum atomic E-state index is 13.2. The van der Waals surface area contributed by atoms with Crippen LogP contribution in [-0.4, -0.2) is 45.8 Å². The average Bonchev–Trinajstić information content (AvgIpc) is 3.09. The number of carbonyl (C=O) groups excluding carboxylic acids is 1. The Morgan fingerprint density at radius 1 is 1.16 bits per heavy atom. The smallest absolute Gasteiger partial charge is 0.251 e. The minimum atomic E-state index is -0.288. The number of amides is 1. The summed E-state index contributed by atoms with van der Waals surface area (Å²) >= 11 is 0. The second-order valence-corrected chi connectivity index (χ2v) is 7.71. The van der Waals surface area contributed by atoms with Gasteiger partial charge in [0.15, 0.2) is 5.82 Å². The lowest BCUT2D eigenvalue weighted by Crippen LogP contribution is -2.30. The van der Waals surface area contributed by atoms with Crippen molar-refractivity contribution in [3.63, 3.8) is 0 Å². The fourth-order valence-electron chi connectivity index (χ4n) is 3.82. The fraction of sp³-hybridized carbons (Fsp3) is 0.348. The lowest BCUT2D eigenvalue weighted by molar-refractivity contribution is 0.0937. The van der Waals surface area contributed by atoms with Crippen molar-refractivity contribution in [3.8, 4) is 5.75 Å². The van der Waals surface area contributed by atoms with Crippen molar-refractivity contribution in [1.29, 1.82) is 0 Å². The van der Waals surface area contributed by atoms with Crippen LogP contribution >= 0.6 is 0 Å². The van der Waals surface area contributed by atoms with Gasteiger partial charge in [0, 0.05) is 38.2 Å². The molecule has 7 nitrogen and oxygen atoms in total. The highest BCUT2D eigenvalue weighted by Gasteiger charge is 2.23. The van der Waals surface area contributed by atoms with Gasteiger partial charge in [-0.2, -0.15) is 0 Å². The van der Waals surface area contributed by atoms with E-state index in [2.05, 4.69) is 25.0 Å². The molecule has 0 spiro atoms. The second-order valence-electron chi connectivity index (χ2n) is 7.71. The van der Waals surface area contributed by atoms with Gasteiger partial charge in [0.05, 0.1) is 13.2 Å². The van der Waals surface area contributed by atoms with Crippen molar-refractivity contribution in [1.82, 2.24) is 25.0 Å². The Morgan fingerprint density at radius 2 is 1.97 bits per heavy atom. The normalized spacial score (nSPS) is 15.1. The number of ether oxygens (including phenoxy) is 1. The molecule has 0 saturated carbocycles. The molecule has 2 heterocycles. The topological polar surface area (TPSA) is 72.3 Å². The quantitative estimate of drug-likeness (QED) is 0.660. The van der Waals surface area contributed by atoms with Crippen molar-refractivity contribution in [2.45, 2.75) is 32.5 Å². The van der Waals surface area contributed by atoms with E-state index in [9.17, 15) is 9.18 Å². The summed E-state index contributed by atoms with van der Waals surface area (Å²) in [5.41, 5.74) is 1.62. The van der Waals surface area contributed by atoms with E-state index in [0.29, 0.717) is 11.3 Å². The third-order valence-electron chi connectivity index (χ3n) is 5.53. The zero-order valence-corrected chi connectivity index (χ0v) is 17.7. The number of benzene rings is 2. The maximum absolute atomic E-state index is 13.2. The third kappa shape index (κ3) is 4.91. The predicted octanol–water partition coefficient (Wildman–Crippen LogP) is 2.98. The van der Waals surface area contributed by atoms with E-state index in [0.717, 1.165) is 49.8 Å². The van der Waals surface area contributed by atoms with Gasteiger partial charge in [0.1, 0.15) is 17.4 Å². The van der Waals surface area contributed by atoms with Crippen LogP contribution in [0.5, 0.6) is 5.75 Å². The van der Waals surface area contributed by atoms with Gasteiger partial charge < -0.3 is 14.6 Å². The number of fused-ring (bicyclic) bond motifs is 1. The molecule has 31 heavy (non-hydrogen) atoms. The third-order valence-corrected chi connectivity index (χ3v) is 5.53. The number of halogens is 1. The number of hydrogen-bond acceptors (Lipinski definition) is 5. The summed E-state index contributed by atoms with van der Waals surface area (Å²) in [7, 11) is 1.57. The lowest BCUT2D eigenvalue weighted by atomic mass is 10.2. The first-order valence-electron chi connectivity index (χ1n) is 10.4. The zero-order chi connectivity index (χ0) is 21.8. The lowest BCUT2D eigenvalue weighted by Gasteiger charge is -2.20. The molecule has 0 saturated heterocycles. The summed E-state index contributed by atoms with van der Waals surface area (Å²) in [5.74, 6) is 1.89. The van der Waals surface area contributed by atoms with Gasteiger partial charge in [0.2, 0.25) is 0 Å². The summed E-state index contributed by atoms with van der Waals surface area (Å²) in [5, 5.41) is 11.7. The van der Waals surface area contributed by atoms with Crippen molar-refractivity contribution >= 4 is 5.91 Å². The predicted molar refractivity (Wildman–Crippen MR) is 114 cm³/mol. The second kappa shape index (κ2) is 9.26. The monoisotopic (exact) mass is 423 g/mol. The average molecular weight is 423 g/mol. The highest BCUT2D eigenvalue weighted by molar-refractivity contribution is 5.94. The summed E-state index contributed by atoms with van der Waals surface area (Å²) in [6, 6.07) is 13.4. The molecule has 8 heteroatoms. The molecule has 0 radical (unpaired) electrons. The highest BCUT2D eigenvalue weighted by Crippen LogP contribution is 2.18. The van der Waals surface area contributed by atoms with Crippen LogP contribution in [0, 0.1) is 5.82 Å². The molecular formula is C23H26FN5O2. The molecule has 0 fully saturated rings. The van der Waals surface area contributed by atoms with E-state index in [-0.39, 0.29) is 17.8 Å². The zero-order valence-electron chi connectivity index (χ0n) is 17.7.